The molecule has 0 heterocycles. The molecular weight excluding hydrogens is 295 g/mol. The average molecular weight is 315 g/mol. The number of aliphatic hydroxyl groups excluding tert-OH is 1. The minimum Gasteiger partial charge on any atom is -0.400 e. The first kappa shape index (κ1) is 17.2. The van der Waals surface area contributed by atoms with Crippen LogP contribution in [0.5, 0.6) is 0 Å². The summed E-state index contributed by atoms with van der Waals surface area (Å²) in [6.07, 6.45) is 4.50. The van der Waals surface area contributed by atoms with Crippen molar-refractivity contribution in [2.45, 2.75) is 37.4 Å². The van der Waals surface area contributed by atoms with E-state index >= 15 is 0 Å². The van der Waals surface area contributed by atoms with Gasteiger partial charge in [0.05, 0.1) is 0 Å². The van der Waals surface area contributed by atoms with Gasteiger partial charge in [0, 0.05) is 18.2 Å². The number of Topliss-reactive ketones (excluding diaryl/α,β-unsaturated/α-hetero) is 1. The molecule has 2 nitrogen and oxygen atoms in total. The van der Waals surface area contributed by atoms with Gasteiger partial charge in [0.25, 0.3) is 0 Å². The fraction of sp³-hybridized carbons (Fsp3) is 0.438. The quantitative estimate of drug-likeness (QED) is 0.709. The van der Waals surface area contributed by atoms with E-state index in [1.807, 2.05) is 18.2 Å². The summed E-state index contributed by atoms with van der Waals surface area (Å²) in [5, 5.41) is 7.00. The van der Waals surface area contributed by atoms with Crippen molar-refractivity contribution in [3.05, 3.63) is 41.0 Å². The number of carbonyl (C=O) groups is 1. The van der Waals surface area contributed by atoms with Crippen LogP contribution in [0.3, 0.4) is 0 Å². The molecule has 1 N–H and O–H groups in total. The summed E-state index contributed by atoms with van der Waals surface area (Å²) in [6.45, 7) is 1.70. The molecule has 20 heavy (non-hydrogen) atoms. The molecule has 0 spiro atoms. The van der Waals surface area contributed by atoms with Crippen LogP contribution in [0.25, 0.3) is 5.57 Å². The van der Waals surface area contributed by atoms with Crippen molar-refractivity contribution in [1.82, 2.24) is 0 Å². The molecule has 0 fully saturated rings. The van der Waals surface area contributed by atoms with Gasteiger partial charge in [-0.3, -0.25) is 4.79 Å². The predicted octanol–water partition coefficient (Wildman–Crippen LogP) is 4.63. The van der Waals surface area contributed by atoms with Gasteiger partial charge in [0.15, 0.2) is 5.78 Å². The van der Waals surface area contributed by atoms with E-state index in [0.29, 0.717) is 0 Å². The van der Waals surface area contributed by atoms with Crippen molar-refractivity contribution < 1.29 is 9.90 Å². The molecule has 0 atom stereocenters. The largest absolute Gasteiger partial charge is 0.400 e. The normalized spacial score (nSPS) is 15.8. The topological polar surface area (TPSA) is 37.3 Å². The molecule has 2 aliphatic carbocycles. The van der Waals surface area contributed by atoms with E-state index in [0.717, 1.165) is 31.1 Å². The molecule has 4 heteroatoms. The number of hydrogen-bond acceptors (Lipinski definition) is 2. The summed E-state index contributed by atoms with van der Waals surface area (Å²) in [4.78, 5) is 11.8. The monoisotopic (exact) mass is 314 g/mol. The summed E-state index contributed by atoms with van der Waals surface area (Å²) in [5.41, 5.74) is 4.56. The molecule has 1 aromatic carbocycles. The third kappa shape index (κ3) is 4.08. The number of ketones is 1. The predicted molar refractivity (Wildman–Crippen MR) is 85.5 cm³/mol. The Morgan fingerprint density at radius 1 is 1.00 bits per heavy atom. The third-order valence-electron chi connectivity index (χ3n) is 3.24. The minimum atomic E-state index is -0.222. The molecule has 0 amide bonds. The fourth-order valence-corrected chi connectivity index (χ4v) is 2.56. The smallest absolute Gasteiger partial charge is 0.189 e. The molecule has 1 aromatic rings. The number of benzene rings is 1. The summed E-state index contributed by atoms with van der Waals surface area (Å²) in [6, 6.07) is 8.02. The summed E-state index contributed by atoms with van der Waals surface area (Å²) in [5.74, 6) is 0.287. The molecule has 110 valence electrons. The van der Waals surface area contributed by atoms with E-state index in [2.05, 4.69) is 6.07 Å². The van der Waals surface area contributed by atoms with Crippen LogP contribution >= 0.6 is 23.2 Å². The Balaban J connectivity index is 0.000000291. The molecular formula is C16H20Cl2O2. The van der Waals surface area contributed by atoms with E-state index in [1.54, 1.807) is 6.92 Å². The maximum absolute atomic E-state index is 12.0. The lowest BCUT2D eigenvalue weighted by Crippen LogP contribution is -2.01. The van der Waals surface area contributed by atoms with Crippen molar-refractivity contribution >= 4 is 34.6 Å². The Morgan fingerprint density at radius 2 is 1.45 bits per heavy atom. The number of allylic oxidation sites excluding steroid dienone is 2. The molecule has 0 radical (unpaired) electrons. The second-order valence-electron chi connectivity index (χ2n) is 4.56. The second-order valence-corrected chi connectivity index (χ2v) is 6.09. The summed E-state index contributed by atoms with van der Waals surface area (Å²) < 4.78 is 0. The van der Waals surface area contributed by atoms with Gasteiger partial charge in [0.1, 0.15) is 4.84 Å². The van der Waals surface area contributed by atoms with Gasteiger partial charge >= 0.3 is 0 Å². The minimum absolute atomic E-state index is 0.222. The zero-order valence-corrected chi connectivity index (χ0v) is 13.3. The summed E-state index contributed by atoms with van der Waals surface area (Å²) in [7, 11) is 1.00. The van der Waals surface area contributed by atoms with Gasteiger partial charge in [-0.15, -0.1) is 23.2 Å². The molecule has 3 rings (SSSR count). The van der Waals surface area contributed by atoms with Gasteiger partial charge in [-0.2, -0.15) is 0 Å². The Kier molecular flexibility index (Phi) is 7.28. The Morgan fingerprint density at radius 3 is 2.00 bits per heavy atom. The van der Waals surface area contributed by atoms with Crippen LogP contribution in [0.1, 0.15) is 48.5 Å². The Labute approximate surface area is 130 Å². The molecule has 0 unspecified atom stereocenters. The number of carbonyl (C=O) groups excluding carboxylic acids is 1. The highest BCUT2D eigenvalue weighted by Gasteiger charge is 2.29. The van der Waals surface area contributed by atoms with Crippen LogP contribution < -0.4 is 0 Å². The Hall–Kier alpha value is -0.830. The number of alkyl halides is 2. The number of aliphatic hydroxyl groups is 1. The first-order chi connectivity index (χ1) is 9.61. The van der Waals surface area contributed by atoms with Crippen LogP contribution in [-0.2, 0) is 0 Å². The van der Waals surface area contributed by atoms with Crippen LogP contribution in [-0.4, -0.2) is 22.8 Å². The zero-order valence-electron chi connectivity index (χ0n) is 11.8. The van der Waals surface area contributed by atoms with E-state index in [1.165, 1.54) is 24.0 Å². The number of halogens is 2. The SMILES string of the molecule is CC(Cl)Cl.CO.O=C1C2=C(CCCC2)c2ccccc21. The summed E-state index contributed by atoms with van der Waals surface area (Å²) >= 11 is 10.1. The second kappa shape index (κ2) is 8.46. The van der Waals surface area contributed by atoms with E-state index in [9.17, 15) is 4.79 Å². The molecule has 2 aliphatic rings. The van der Waals surface area contributed by atoms with Gasteiger partial charge in [-0.05, 0) is 43.7 Å². The Bertz CT molecular complexity index is 490. The van der Waals surface area contributed by atoms with Crippen molar-refractivity contribution in [3.8, 4) is 0 Å². The molecule has 0 saturated carbocycles. The fourth-order valence-electron chi connectivity index (χ4n) is 2.56. The first-order valence-corrected chi connectivity index (χ1v) is 7.57. The van der Waals surface area contributed by atoms with Crippen molar-refractivity contribution in [2.24, 2.45) is 0 Å². The highest BCUT2D eigenvalue weighted by Crippen LogP contribution is 2.40. The number of fused-ring (bicyclic) bond motifs is 2. The van der Waals surface area contributed by atoms with E-state index in [-0.39, 0.29) is 10.6 Å². The first-order valence-electron chi connectivity index (χ1n) is 6.70. The lowest BCUT2D eigenvalue weighted by atomic mass is 9.92. The van der Waals surface area contributed by atoms with Crippen LogP contribution in [0.4, 0.5) is 0 Å². The van der Waals surface area contributed by atoms with Crippen molar-refractivity contribution in [1.29, 1.82) is 0 Å². The maximum atomic E-state index is 12.0. The molecule has 0 saturated heterocycles. The standard InChI is InChI=1S/C13H12O.C2H4Cl2.CH4O/c14-13-11-7-3-1-5-9(11)10-6-2-4-8-12(10)13;1-2(3)4;1-2/h1,3,5,7H,2,4,6,8H2;2H,1H3;2H,1H3. The highest BCUT2D eigenvalue weighted by atomic mass is 35.5. The third-order valence-corrected chi connectivity index (χ3v) is 3.24. The van der Waals surface area contributed by atoms with Crippen LogP contribution in [0.2, 0.25) is 0 Å². The van der Waals surface area contributed by atoms with Gasteiger partial charge in [-0.1, -0.05) is 24.3 Å². The van der Waals surface area contributed by atoms with Crippen LogP contribution in [0.15, 0.2) is 29.8 Å². The van der Waals surface area contributed by atoms with Gasteiger partial charge < -0.3 is 5.11 Å². The van der Waals surface area contributed by atoms with Gasteiger partial charge in [-0.25, -0.2) is 0 Å². The maximum Gasteiger partial charge on any atom is 0.189 e. The molecule has 0 bridgehead atoms. The molecule has 0 aliphatic heterocycles. The van der Waals surface area contributed by atoms with Crippen molar-refractivity contribution in [3.63, 3.8) is 0 Å². The van der Waals surface area contributed by atoms with Gasteiger partial charge in [0.2, 0.25) is 0 Å². The lowest BCUT2D eigenvalue weighted by Gasteiger charge is -2.12. The van der Waals surface area contributed by atoms with E-state index < -0.39 is 0 Å². The van der Waals surface area contributed by atoms with E-state index in [4.69, 9.17) is 28.3 Å². The average Bonchev–Trinajstić information content (AvgIpc) is 2.75. The lowest BCUT2D eigenvalue weighted by molar-refractivity contribution is 0.103. The zero-order chi connectivity index (χ0) is 15.1. The van der Waals surface area contributed by atoms with Crippen molar-refractivity contribution in [2.75, 3.05) is 7.11 Å². The highest BCUT2D eigenvalue weighted by molar-refractivity contribution is 6.43. The number of hydrogen-bond donors (Lipinski definition) is 1. The van der Waals surface area contributed by atoms with Crippen LogP contribution in [0, 0.1) is 0 Å². The number of rotatable bonds is 0. The molecule has 0 aromatic heterocycles.